The van der Waals surface area contributed by atoms with Crippen molar-refractivity contribution in [3.63, 3.8) is 0 Å². The van der Waals surface area contributed by atoms with Crippen molar-refractivity contribution in [1.82, 2.24) is 0 Å². The summed E-state index contributed by atoms with van der Waals surface area (Å²) in [5.41, 5.74) is 10.6. The van der Waals surface area contributed by atoms with Crippen LogP contribution in [0.25, 0.3) is 11.1 Å². The average Bonchev–Trinajstić information content (AvgIpc) is 3.07. The van der Waals surface area contributed by atoms with Crippen LogP contribution in [0, 0.1) is 0 Å². The van der Waals surface area contributed by atoms with E-state index in [-0.39, 0.29) is 5.41 Å². The molecule has 0 radical (unpaired) electrons. The molecule has 0 saturated carbocycles. The van der Waals surface area contributed by atoms with E-state index in [9.17, 15) is 0 Å². The Labute approximate surface area is 183 Å². The van der Waals surface area contributed by atoms with Gasteiger partial charge in [0.1, 0.15) is 0 Å². The van der Waals surface area contributed by atoms with E-state index in [1.165, 1.54) is 79.2 Å². The van der Waals surface area contributed by atoms with Gasteiger partial charge in [0.25, 0.3) is 0 Å². The Balaban J connectivity index is 0.00000106. The summed E-state index contributed by atoms with van der Waals surface area (Å²) in [7, 11) is 0. The van der Waals surface area contributed by atoms with E-state index in [0.29, 0.717) is 0 Å². The van der Waals surface area contributed by atoms with Crippen LogP contribution < -0.4 is 0 Å². The van der Waals surface area contributed by atoms with Gasteiger partial charge in [-0.3, -0.25) is 0 Å². The van der Waals surface area contributed by atoms with Crippen LogP contribution in [0.5, 0.6) is 0 Å². The van der Waals surface area contributed by atoms with Gasteiger partial charge in [-0.1, -0.05) is 120 Å². The topological polar surface area (TPSA) is 0 Å². The van der Waals surface area contributed by atoms with E-state index in [1.54, 1.807) is 11.1 Å². The maximum absolute atomic E-state index is 2.53. The summed E-state index contributed by atoms with van der Waals surface area (Å²) in [6, 6.07) is 25.7. The zero-order valence-corrected chi connectivity index (χ0v) is 19.0. The fourth-order valence-electron chi connectivity index (χ4n) is 5.50. The Morgan fingerprint density at radius 1 is 0.667 bits per heavy atom. The highest BCUT2D eigenvalue weighted by molar-refractivity contribution is 5.83. The van der Waals surface area contributed by atoms with Crippen LogP contribution in [0.1, 0.15) is 87.1 Å². The molecular formula is C30H36. The fraction of sp³-hybridized carbons (Fsp3) is 0.400. The number of rotatable bonds is 7. The summed E-state index contributed by atoms with van der Waals surface area (Å²) in [6.45, 7) is 6.30. The Morgan fingerprint density at radius 2 is 1.27 bits per heavy atom. The molecule has 0 N–H and O–H groups in total. The van der Waals surface area contributed by atoms with Gasteiger partial charge in [0.05, 0.1) is 0 Å². The minimum absolute atomic E-state index is 0.0179. The van der Waals surface area contributed by atoms with Gasteiger partial charge in [-0.25, -0.2) is 0 Å². The molecule has 0 nitrogen and oxygen atoms in total. The first kappa shape index (κ1) is 20.9. The van der Waals surface area contributed by atoms with Crippen LogP contribution in [-0.2, 0) is 18.3 Å². The predicted octanol–water partition coefficient (Wildman–Crippen LogP) is 8.49. The standard InChI is InChI=1S/C28H30.C2H6/c1-2-3-4-5-10-19-28(23-18-17-21-15-16-22(21)20-23)26-13-8-6-11-24(26)25-12-7-9-14-27(25)28;1-2/h6-9,11-14,17-18,20H,2-5,10,15-16,19H2,1H3;1-2H3. The SMILES string of the molecule is CC.CCCCCCCC1(c2ccc3c(c2)CC3)c2ccccc2-c2ccccc21. The van der Waals surface area contributed by atoms with Crippen LogP contribution in [-0.4, -0.2) is 0 Å². The van der Waals surface area contributed by atoms with Crippen molar-refractivity contribution >= 4 is 0 Å². The fourth-order valence-corrected chi connectivity index (χ4v) is 5.50. The molecule has 0 spiro atoms. The van der Waals surface area contributed by atoms with Crippen molar-refractivity contribution in [3.05, 3.63) is 94.5 Å². The summed E-state index contributed by atoms with van der Waals surface area (Å²) < 4.78 is 0. The second-order valence-electron chi connectivity index (χ2n) is 8.64. The number of hydrogen-bond acceptors (Lipinski definition) is 0. The Kier molecular flexibility index (Phi) is 6.42. The minimum atomic E-state index is 0.0179. The third-order valence-electron chi connectivity index (χ3n) is 7.08. The molecule has 3 aromatic rings. The second-order valence-corrected chi connectivity index (χ2v) is 8.64. The first-order chi connectivity index (χ1) is 14.8. The van der Waals surface area contributed by atoms with Gasteiger partial charge in [0.15, 0.2) is 0 Å². The van der Waals surface area contributed by atoms with Crippen molar-refractivity contribution in [3.8, 4) is 11.1 Å². The normalized spacial score (nSPS) is 14.6. The molecule has 0 heteroatoms. The number of benzene rings is 3. The van der Waals surface area contributed by atoms with E-state index in [0.717, 1.165) is 0 Å². The molecule has 0 heterocycles. The predicted molar refractivity (Wildman–Crippen MR) is 130 cm³/mol. The largest absolute Gasteiger partial charge is 0.0683 e. The highest BCUT2D eigenvalue weighted by Crippen LogP contribution is 2.55. The van der Waals surface area contributed by atoms with Crippen LogP contribution in [0.2, 0.25) is 0 Å². The number of fused-ring (bicyclic) bond motifs is 4. The van der Waals surface area contributed by atoms with Crippen molar-refractivity contribution < 1.29 is 0 Å². The van der Waals surface area contributed by atoms with Crippen molar-refractivity contribution in [1.29, 1.82) is 0 Å². The second kappa shape index (κ2) is 9.21. The Hall–Kier alpha value is -2.34. The van der Waals surface area contributed by atoms with Gasteiger partial charge in [-0.05, 0) is 58.2 Å². The number of unbranched alkanes of at least 4 members (excludes halogenated alkanes) is 4. The average molecular weight is 397 g/mol. The molecule has 2 aliphatic carbocycles. The molecule has 0 unspecified atom stereocenters. The first-order valence-electron chi connectivity index (χ1n) is 12.2. The van der Waals surface area contributed by atoms with Crippen molar-refractivity contribution in [2.75, 3.05) is 0 Å². The summed E-state index contributed by atoms with van der Waals surface area (Å²) in [5.74, 6) is 0. The highest BCUT2D eigenvalue weighted by atomic mass is 14.5. The molecule has 0 aliphatic heterocycles. The monoisotopic (exact) mass is 396 g/mol. The number of hydrogen-bond donors (Lipinski definition) is 0. The van der Waals surface area contributed by atoms with E-state index < -0.39 is 0 Å². The van der Waals surface area contributed by atoms with Crippen LogP contribution in [0.4, 0.5) is 0 Å². The number of aryl methyl sites for hydroxylation is 2. The van der Waals surface area contributed by atoms with E-state index >= 15 is 0 Å². The molecule has 0 saturated heterocycles. The lowest BCUT2D eigenvalue weighted by atomic mass is 9.68. The van der Waals surface area contributed by atoms with E-state index in [1.807, 2.05) is 13.8 Å². The zero-order valence-electron chi connectivity index (χ0n) is 19.0. The Bertz CT molecular complexity index is 949. The van der Waals surface area contributed by atoms with E-state index in [4.69, 9.17) is 0 Å². The van der Waals surface area contributed by atoms with Gasteiger partial charge >= 0.3 is 0 Å². The summed E-state index contributed by atoms with van der Waals surface area (Å²) >= 11 is 0. The lowest BCUT2D eigenvalue weighted by Gasteiger charge is -2.35. The quantitative estimate of drug-likeness (QED) is 0.351. The molecule has 3 aromatic carbocycles. The summed E-state index contributed by atoms with van der Waals surface area (Å²) in [5, 5.41) is 0. The maximum atomic E-state index is 2.53. The zero-order chi connectivity index (χ0) is 21.0. The van der Waals surface area contributed by atoms with Crippen LogP contribution in [0.15, 0.2) is 66.7 Å². The summed E-state index contributed by atoms with van der Waals surface area (Å²) in [4.78, 5) is 0. The van der Waals surface area contributed by atoms with E-state index in [2.05, 4.69) is 73.7 Å². The highest BCUT2D eigenvalue weighted by Gasteiger charge is 2.44. The molecule has 2 aliphatic rings. The van der Waals surface area contributed by atoms with Crippen LogP contribution in [0.3, 0.4) is 0 Å². The molecule has 0 atom stereocenters. The molecule has 0 amide bonds. The maximum Gasteiger partial charge on any atom is 0.0463 e. The molecular weight excluding hydrogens is 360 g/mol. The molecule has 0 bridgehead atoms. The molecule has 156 valence electrons. The van der Waals surface area contributed by atoms with Gasteiger partial charge < -0.3 is 0 Å². The lowest BCUT2D eigenvalue weighted by Crippen LogP contribution is -2.28. The third kappa shape index (κ3) is 3.41. The minimum Gasteiger partial charge on any atom is -0.0683 e. The van der Waals surface area contributed by atoms with Crippen molar-refractivity contribution in [2.24, 2.45) is 0 Å². The van der Waals surface area contributed by atoms with Gasteiger partial charge in [-0.15, -0.1) is 0 Å². The molecule has 5 rings (SSSR count). The van der Waals surface area contributed by atoms with Gasteiger partial charge in [0, 0.05) is 5.41 Å². The lowest BCUT2D eigenvalue weighted by molar-refractivity contribution is 0.509. The molecule has 0 fully saturated rings. The third-order valence-corrected chi connectivity index (χ3v) is 7.08. The molecule has 30 heavy (non-hydrogen) atoms. The smallest absolute Gasteiger partial charge is 0.0463 e. The summed E-state index contributed by atoms with van der Waals surface area (Å²) in [6.07, 6.45) is 10.4. The molecule has 0 aromatic heterocycles. The van der Waals surface area contributed by atoms with Gasteiger partial charge in [0.2, 0.25) is 0 Å². The van der Waals surface area contributed by atoms with Crippen LogP contribution >= 0.6 is 0 Å². The Morgan fingerprint density at radius 3 is 1.83 bits per heavy atom. The first-order valence-corrected chi connectivity index (χ1v) is 12.2. The van der Waals surface area contributed by atoms with Crippen molar-refractivity contribution in [2.45, 2.75) is 77.6 Å². The van der Waals surface area contributed by atoms with Gasteiger partial charge in [-0.2, -0.15) is 0 Å².